The van der Waals surface area contributed by atoms with Crippen LogP contribution in [0.3, 0.4) is 0 Å². The molecule has 2 aromatic rings. The lowest BCUT2D eigenvalue weighted by Gasteiger charge is -2.10. The fraction of sp³-hybridized carbons (Fsp3) is 0. The number of nitrogens with two attached hydrogens (primary N) is 1. The predicted molar refractivity (Wildman–Crippen MR) is 74.5 cm³/mol. The van der Waals surface area contributed by atoms with Crippen molar-refractivity contribution in [1.29, 1.82) is 10.5 Å². The number of nitrogen functional groups attached to an aromatic ring is 1. The molecule has 0 heterocycles. The highest BCUT2D eigenvalue weighted by molar-refractivity contribution is 9.10. The molecule has 0 fully saturated rings. The Morgan fingerprint density at radius 1 is 1.05 bits per heavy atom. The van der Waals surface area contributed by atoms with Crippen molar-refractivity contribution >= 4 is 21.6 Å². The molecule has 0 spiro atoms. The zero-order chi connectivity index (χ0) is 13.8. The van der Waals surface area contributed by atoms with E-state index in [1.807, 2.05) is 6.07 Å². The Bertz CT molecular complexity index is 714. The first-order valence-corrected chi connectivity index (χ1v) is 6.11. The zero-order valence-corrected chi connectivity index (χ0v) is 11.3. The lowest BCUT2D eigenvalue weighted by molar-refractivity contribution is 0.483. The van der Waals surface area contributed by atoms with Crippen molar-refractivity contribution in [3.8, 4) is 23.6 Å². The molecule has 0 aliphatic heterocycles. The van der Waals surface area contributed by atoms with Gasteiger partial charge in [-0.3, -0.25) is 0 Å². The van der Waals surface area contributed by atoms with Gasteiger partial charge in [0.15, 0.2) is 0 Å². The number of anilines is 1. The third-order valence-corrected chi connectivity index (χ3v) is 3.11. The summed E-state index contributed by atoms with van der Waals surface area (Å²) in [6.45, 7) is 0. The maximum atomic E-state index is 9.09. The largest absolute Gasteiger partial charge is 0.454 e. The summed E-state index contributed by atoms with van der Waals surface area (Å²) in [7, 11) is 0. The summed E-state index contributed by atoms with van der Waals surface area (Å²) in [5.41, 5.74) is 7.01. The van der Waals surface area contributed by atoms with Crippen LogP contribution in [-0.4, -0.2) is 0 Å². The van der Waals surface area contributed by atoms with Gasteiger partial charge < -0.3 is 10.5 Å². The molecule has 0 atom stereocenters. The van der Waals surface area contributed by atoms with E-state index in [9.17, 15) is 0 Å². The summed E-state index contributed by atoms with van der Waals surface area (Å²) in [6, 6.07) is 14.0. The number of nitrogens with zero attached hydrogens (tertiary/aromatic N) is 2. The van der Waals surface area contributed by atoms with Gasteiger partial charge in [-0.1, -0.05) is 6.07 Å². The minimum atomic E-state index is 0.350. The number of hydrogen-bond donors (Lipinski definition) is 1. The highest BCUT2D eigenvalue weighted by atomic mass is 79.9. The predicted octanol–water partition coefficient (Wildman–Crippen LogP) is 3.57. The molecule has 19 heavy (non-hydrogen) atoms. The summed E-state index contributed by atoms with van der Waals surface area (Å²) < 4.78 is 6.28. The summed E-state index contributed by atoms with van der Waals surface area (Å²) in [4.78, 5) is 0. The first-order valence-electron chi connectivity index (χ1n) is 5.32. The van der Waals surface area contributed by atoms with Crippen molar-refractivity contribution in [2.24, 2.45) is 0 Å². The van der Waals surface area contributed by atoms with Gasteiger partial charge in [-0.2, -0.15) is 10.5 Å². The number of halogens is 1. The smallest absolute Gasteiger partial charge is 0.150 e. The molecule has 4 nitrogen and oxygen atoms in total. The molecule has 0 bridgehead atoms. The van der Waals surface area contributed by atoms with E-state index in [0.717, 1.165) is 0 Å². The lowest BCUT2D eigenvalue weighted by atomic mass is 10.2. The summed E-state index contributed by atoms with van der Waals surface area (Å²) in [5, 5.41) is 17.9. The molecule has 2 N–H and O–H groups in total. The Labute approximate surface area is 118 Å². The van der Waals surface area contributed by atoms with E-state index in [2.05, 4.69) is 22.0 Å². The fourth-order valence-electron chi connectivity index (χ4n) is 1.53. The van der Waals surface area contributed by atoms with E-state index in [1.54, 1.807) is 30.3 Å². The van der Waals surface area contributed by atoms with Gasteiger partial charge in [-0.05, 0) is 46.3 Å². The molecule has 0 amide bonds. The Morgan fingerprint density at radius 2 is 1.84 bits per heavy atom. The van der Waals surface area contributed by atoms with E-state index in [4.69, 9.17) is 21.0 Å². The molecule has 0 aliphatic carbocycles. The third-order valence-electron chi connectivity index (χ3n) is 2.45. The number of ether oxygens (including phenoxy) is 1. The maximum Gasteiger partial charge on any atom is 0.150 e. The first-order chi connectivity index (χ1) is 9.15. The summed E-state index contributed by atoms with van der Waals surface area (Å²) >= 11 is 3.29. The van der Waals surface area contributed by atoms with E-state index in [-0.39, 0.29) is 0 Å². The van der Waals surface area contributed by atoms with Crippen molar-refractivity contribution in [2.45, 2.75) is 0 Å². The van der Waals surface area contributed by atoms with Gasteiger partial charge >= 0.3 is 0 Å². The van der Waals surface area contributed by atoms with Crippen LogP contribution in [-0.2, 0) is 0 Å². The number of rotatable bonds is 2. The van der Waals surface area contributed by atoms with Gasteiger partial charge in [0.05, 0.1) is 17.3 Å². The van der Waals surface area contributed by atoms with Crippen molar-refractivity contribution in [1.82, 2.24) is 0 Å². The average molecular weight is 314 g/mol. The minimum absolute atomic E-state index is 0.350. The van der Waals surface area contributed by atoms with Crippen molar-refractivity contribution in [3.63, 3.8) is 0 Å². The molecule has 0 aromatic heterocycles. The van der Waals surface area contributed by atoms with Crippen LogP contribution >= 0.6 is 15.9 Å². The SMILES string of the molecule is N#Cc1ccc(Oc2cccc(Br)c2C#N)c(N)c1. The summed E-state index contributed by atoms with van der Waals surface area (Å²) in [5.74, 6) is 0.821. The minimum Gasteiger partial charge on any atom is -0.454 e. The summed E-state index contributed by atoms with van der Waals surface area (Å²) in [6.07, 6.45) is 0. The van der Waals surface area contributed by atoms with E-state index in [1.165, 1.54) is 6.07 Å². The van der Waals surface area contributed by atoms with Gasteiger partial charge in [0.2, 0.25) is 0 Å². The van der Waals surface area contributed by atoms with Crippen molar-refractivity contribution in [3.05, 3.63) is 52.0 Å². The number of nitriles is 2. The Kier molecular flexibility index (Phi) is 3.70. The van der Waals surface area contributed by atoms with Crippen LogP contribution in [0.5, 0.6) is 11.5 Å². The molecule has 0 saturated heterocycles. The zero-order valence-electron chi connectivity index (χ0n) is 9.72. The highest BCUT2D eigenvalue weighted by Crippen LogP contribution is 2.33. The quantitative estimate of drug-likeness (QED) is 0.859. The van der Waals surface area contributed by atoms with Gasteiger partial charge in [0.1, 0.15) is 23.1 Å². The maximum absolute atomic E-state index is 9.09. The highest BCUT2D eigenvalue weighted by Gasteiger charge is 2.10. The van der Waals surface area contributed by atoms with E-state index < -0.39 is 0 Å². The Hall–Kier alpha value is -2.50. The number of hydrogen-bond acceptors (Lipinski definition) is 4. The molecule has 2 aromatic carbocycles. The van der Waals surface area contributed by atoms with Crippen LogP contribution in [0, 0.1) is 22.7 Å². The fourth-order valence-corrected chi connectivity index (χ4v) is 1.96. The second-order valence-electron chi connectivity index (χ2n) is 3.69. The molecular weight excluding hydrogens is 306 g/mol. The van der Waals surface area contributed by atoms with Gasteiger partial charge in [0.25, 0.3) is 0 Å². The Balaban J connectivity index is 2.41. The van der Waals surface area contributed by atoms with Crippen LogP contribution in [0.1, 0.15) is 11.1 Å². The monoisotopic (exact) mass is 313 g/mol. The average Bonchev–Trinajstić information content (AvgIpc) is 2.41. The Morgan fingerprint density at radius 3 is 2.47 bits per heavy atom. The topological polar surface area (TPSA) is 82.8 Å². The molecule has 2 rings (SSSR count). The van der Waals surface area contributed by atoms with Gasteiger partial charge in [0, 0.05) is 4.47 Å². The second-order valence-corrected chi connectivity index (χ2v) is 4.55. The van der Waals surface area contributed by atoms with E-state index >= 15 is 0 Å². The molecule has 5 heteroatoms. The lowest BCUT2D eigenvalue weighted by Crippen LogP contribution is -1.95. The number of benzene rings is 2. The first kappa shape index (κ1) is 12.9. The standard InChI is InChI=1S/C14H8BrN3O/c15-11-2-1-3-13(10(11)8-17)19-14-5-4-9(7-16)6-12(14)18/h1-6H,18H2. The third kappa shape index (κ3) is 2.67. The normalized spacial score (nSPS) is 9.42. The van der Waals surface area contributed by atoms with Crippen LogP contribution in [0.15, 0.2) is 40.9 Å². The van der Waals surface area contributed by atoms with E-state index in [0.29, 0.717) is 32.8 Å². The van der Waals surface area contributed by atoms with Crippen molar-refractivity contribution in [2.75, 3.05) is 5.73 Å². The van der Waals surface area contributed by atoms with Crippen LogP contribution < -0.4 is 10.5 Å². The second kappa shape index (κ2) is 5.43. The van der Waals surface area contributed by atoms with Crippen LogP contribution in [0.4, 0.5) is 5.69 Å². The molecule has 0 radical (unpaired) electrons. The molecule has 92 valence electrons. The van der Waals surface area contributed by atoms with Crippen LogP contribution in [0.2, 0.25) is 0 Å². The molecule has 0 unspecified atom stereocenters. The molecular formula is C14H8BrN3O. The molecule has 0 aliphatic rings. The van der Waals surface area contributed by atoms with Crippen molar-refractivity contribution < 1.29 is 4.74 Å². The van der Waals surface area contributed by atoms with Gasteiger partial charge in [-0.15, -0.1) is 0 Å². The van der Waals surface area contributed by atoms with Crippen LogP contribution in [0.25, 0.3) is 0 Å². The molecule has 0 saturated carbocycles. The van der Waals surface area contributed by atoms with Gasteiger partial charge in [-0.25, -0.2) is 0 Å².